The Kier molecular flexibility index (Phi) is 7.86. The number of hydrogen-bond acceptors (Lipinski definition) is 6. The van der Waals surface area contributed by atoms with Crippen molar-refractivity contribution < 1.29 is 9.90 Å². The van der Waals surface area contributed by atoms with Crippen LogP contribution < -0.4 is 5.73 Å². The zero-order chi connectivity index (χ0) is 23.4. The van der Waals surface area contributed by atoms with Gasteiger partial charge in [0.2, 0.25) is 6.41 Å². The molecule has 0 aliphatic heterocycles. The number of carbonyl (C=O) groups is 1. The fourth-order valence-corrected chi connectivity index (χ4v) is 6.16. The van der Waals surface area contributed by atoms with Gasteiger partial charge in [0, 0.05) is 37.0 Å². The summed E-state index contributed by atoms with van der Waals surface area (Å²) in [6.07, 6.45) is 10.1. The summed E-state index contributed by atoms with van der Waals surface area (Å²) in [6, 6.07) is 2.42. The highest BCUT2D eigenvalue weighted by Crippen LogP contribution is 2.35. The second-order valence-corrected chi connectivity index (χ2v) is 10.7. The van der Waals surface area contributed by atoms with Crippen LogP contribution in [0.15, 0.2) is 6.07 Å². The Morgan fingerprint density at radius 3 is 2.73 bits per heavy atom. The summed E-state index contributed by atoms with van der Waals surface area (Å²) >= 11 is 1.76. The van der Waals surface area contributed by atoms with E-state index in [0.29, 0.717) is 17.8 Å². The highest BCUT2D eigenvalue weighted by molar-refractivity contribution is 7.19. The van der Waals surface area contributed by atoms with Gasteiger partial charge in [0.15, 0.2) is 5.82 Å². The summed E-state index contributed by atoms with van der Waals surface area (Å²) in [5.74, 6) is 2.01. The van der Waals surface area contributed by atoms with E-state index in [0.717, 1.165) is 99.7 Å². The van der Waals surface area contributed by atoms with Crippen LogP contribution in [0.4, 0.5) is 5.82 Å². The summed E-state index contributed by atoms with van der Waals surface area (Å²) in [5.41, 5.74) is 9.22. The highest BCUT2D eigenvalue weighted by atomic mass is 32.1. The van der Waals surface area contributed by atoms with Crippen molar-refractivity contribution in [1.82, 2.24) is 19.4 Å². The molecule has 0 bridgehead atoms. The lowest BCUT2D eigenvalue weighted by Gasteiger charge is -2.34. The summed E-state index contributed by atoms with van der Waals surface area (Å²) in [4.78, 5) is 24.5. The van der Waals surface area contributed by atoms with Gasteiger partial charge >= 0.3 is 0 Å². The fraction of sp³-hybridized carbons (Fsp3) is 0.640. The van der Waals surface area contributed by atoms with Crippen LogP contribution in [-0.2, 0) is 17.8 Å². The number of aromatic nitrogens is 3. The number of pyridine rings is 1. The number of hydrogen-bond donors (Lipinski definition) is 2. The molecule has 0 aromatic carbocycles. The van der Waals surface area contributed by atoms with Crippen molar-refractivity contribution in [3.8, 4) is 0 Å². The second kappa shape index (κ2) is 10.8. The molecule has 0 saturated heterocycles. The first kappa shape index (κ1) is 24.0. The Labute approximate surface area is 200 Å². The van der Waals surface area contributed by atoms with Crippen LogP contribution in [0.2, 0.25) is 0 Å². The average molecular weight is 472 g/mol. The van der Waals surface area contributed by atoms with E-state index in [-0.39, 0.29) is 6.61 Å². The number of aliphatic hydroxyl groups excluding tert-OH is 1. The first-order chi connectivity index (χ1) is 16.0. The predicted octanol–water partition coefficient (Wildman–Crippen LogP) is 4.67. The lowest BCUT2D eigenvalue weighted by molar-refractivity contribution is -0.121. The van der Waals surface area contributed by atoms with Crippen molar-refractivity contribution in [3.05, 3.63) is 16.8 Å². The average Bonchev–Trinajstić information content (AvgIpc) is 3.37. The number of imidazole rings is 1. The summed E-state index contributed by atoms with van der Waals surface area (Å²) in [5, 5.41) is 9.37. The normalized spacial score (nSPS) is 18.9. The number of anilines is 1. The van der Waals surface area contributed by atoms with Crippen molar-refractivity contribution in [1.29, 1.82) is 0 Å². The maximum absolute atomic E-state index is 11.8. The molecule has 180 valence electrons. The topological polar surface area (TPSA) is 97.3 Å². The molecule has 1 aliphatic rings. The van der Waals surface area contributed by atoms with Gasteiger partial charge in [0.05, 0.1) is 15.7 Å². The molecular weight excluding hydrogens is 434 g/mol. The zero-order valence-electron chi connectivity index (χ0n) is 19.9. The molecule has 3 aromatic heterocycles. The fourth-order valence-electron chi connectivity index (χ4n) is 5.16. The minimum Gasteiger partial charge on any atom is -0.396 e. The Morgan fingerprint density at radius 2 is 2.03 bits per heavy atom. The van der Waals surface area contributed by atoms with E-state index in [1.54, 1.807) is 11.3 Å². The molecule has 0 atom stereocenters. The number of rotatable bonds is 11. The maximum Gasteiger partial charge on any atom is 0.209 e. The molecule has 0 radical (unpaired) electrons. The summed E-state index contributed by atoms with van der Waals surface area (Å²) in [7, 11) is 0. The van der Waals surface area contributed by atoms with Gasteiger partial charge in [-0.05, 0) is 63.9 Å². The van der Waals surface area contributed by atoms with Crippen LogP contribution >= 0.6 is 11.3 Å². The Hall–Kier alpha value is -2.19. The van der Waals surface area contributed by atoms with E-state index in [2.05, 4.69) is 29.5 Å². The van der Waals surface area contributed by atoms with Crippen molar-refractivity contribution in [2.24, 2.45) is 5.92 Å². The van der Waals surface area contributed by atoms with E-state index in [4.69, 9.17) is 10.7 Å². The maximum atomic E-state index is 11.8. The van der Waals surface area contributed by atoms with Gasteiger partial charge in [-0.1, -0.05) is 13.3 Å². The van der Waals surface area contributed by atoms with Crippen molar-refractivity contribution in [2.75, 3.05) is 18.9 Å². The molecule has 33 heavy (non-hydrogen) atoms. The summed E-state index contributed by atoms with van der Waals surface area (Å²) < 4.78 is 3.53. The smallest absolute Gasteiger partial charge is 0.209 e. The molecule has 0 spiro atoms. The molecule has 1 aliphatic carbocycles. The van der Waals surface area contributed by atoms with Gasteiger partial charge < -0.3 is 20.3 Å². The molecule has 8 heteroatoms. The Bertz CT molecular complexity index is 1080. The monoisotopic (exact) mass is 471 g/mol. The van der Waals surface area contributed by atoms with E-state index in [1.165, 1.54) is 9.58 Å². The van der Waals surface area contributed by atoms with E-state index in [9.17, 15) is 9.90 Å². The summed E-state index contributed by atoms with van der Waals surface area (Å²) in [6.45, 7) is 6.23. The minimum atomic E-state index is 0.268. The standard InChI is InChI=1S/C25H37N5O2S/c1-3-4-7-21-28-22-23(24-20(27-25(22)26)14-17(2)33-24)30(21)13-6-5-12-29(16-32)19-10-8-18(15-31)9-11-19/h14,16,18-19,31H,3-13,15H2,1-2H3,(H2,26,27). The molecule has 1 saturated carbocycles. The second-order valence-electron chi connectivity index (χ2n) is 9.46. The Balaban J connectivity index is 1.48. The first-order valence-corrected chi connectivity index (χ1v) is 13.2. The van der Waals surface area contributed by atoms with E-state index >= 15 is 0 Å². The van der Waals surface area contributed by atoms with Crippen molar-refractivity contribution in [3.63, 3.8) is 0 Å². The number of nitrogens with zero attached hydrogens (tertiary/aromatic N) is 4. The van der Waals surface area contributed by atoms with Gasteiger partial charge in [-0.3, -0.25) is 4.79 Å². The van der Waals surface area contributed by atoms with Crippen LogP contribution in [0.25, 0.3) is 21.3 Å². The SMILES string of the molecule is CCCCc1nc2c(N)nc3cc(C)sc3c2n1CCCCN(C=O)C1CCC(CO)CC1. The van der Waals surface area contributed by atoms with E-state index in [1.807, 2.05) is 4.90 Å². The molecule has 1 fully saturated rings. The highest BCUT2D eigenvalue weighted by Gasteiger charge is 2.24. The largest absolute Gasteiger partial charge is 0.396 e. The number of aliphatic hydroxyl groups is 1. The van der Waals surface area contributed by atoms with Crippen LogP contribution in [0.1, 0.15) is 69.0 Å². The van der Waals surface area contributed by atoms with Crippen LogP contribution in [0.5, 0.6) is 0 Å². The van der Waals surface area contributed by atoms with Crippen LogP contribution in [0, 0.1) is 12.8 Å². The van der Waals surface area contributed by atoms with Gasteiger partial charge in [-0.25, -0.2) is 9.97 Å². The van der Waals surface area contributed by atoms with Crippen molar-refractivity contribution in [2.45, 2.75) is 84.2 Å². The minimum absolute atomic E-state index is 0.268. The third kappa shape index (κ3) is 5.17. The number of carbonyl (C=O) groups excluding carboxylic acids is 1. The molecular formula is C25H37N5O2S. The van der Waals surface area contributed by atoms with Gasteiger partial charge in [0.1, 0.15) is 11.3 Å². The lowest BCUT2D eigenvalue weighted by Crippen LogP contribution is -2.38. The third-order valence-electron chi connectivity index (χ3n) is 7.06. The number of thiophene rings is 1. The third-order valence-corrected chi connectivity index (χ3v) is 8.11. The first-order valence-electron chi connectivity index (χ1n) is 12.4. The van der Waals surface area contributed by atoms with Crippen LogP contribution in [-0.4, -0.2) is 50.1 Å². The molecule has 3 N–H and O–H groups in total. The number of aryl methyl sites for hydroxylation is 3. The quantitative estimate of drug-likeness (QED) is 0.313. The Morgan fingerprint density at radius 1 is 1.24 bits per heavy atom. The number of nitrogen functional groups attached to an aromatic ring is 1. The van der Waals surface area contributed by atoms with Crippen LogP contribution in [0.3, 0.4) is 0 Å². The van der Waals surface area contributed by atoms with Crippen molar-refractivity contribution >= 4 is 44.8 Å². The molecule has 3 aromatic rings. The van der Waals surface area contributed by atoms with E-state index < -0.39 is 0 Å². The van der Waals surface area contributed by atoms with Gasteiger partial charge in [-0.15, -0.1) is 11.3 Å². The number of fused-ring (bicyclic) bond motifs is 3. The lowest BCUT2D eigenvalue weighted by atomic mass is 9.86. The molecule has 3 heterocycles. The molecule has 0 unspecified atom stereocenters. The molecule has 1 amide bonds. The van der Waals surface area contributed by atoms with Gasteiger partial charge in [-0.2, -0.15) is 0 Å². The molecule has 4 rings (SSSR count). The zero-order valence-corrected chi connectivity index (χ0v) is 20.7. The number of unbranched alkanes of at least 4 members (excludes halogenated alkanes) is 2. The van der Waals surface area contributed by atoms with Gasteiger partial charge in [0.25, 0.3) is 0 Å². The number of amides is 1. The number of nitrogens with two attached hydrogens (primary N) is 1. The predicted molar refractivity (Wildman–Crippen MR) is 136 cm³/mol. The molecule has 7 nitrogen and oxygen atoms in total.